The molecule has 1 unspecified atom stereocenters. The van der Waals surface area contributed by atoms with E-state index in [9.17, 15) is 13.2 Å². The summed E-state index contributed by atoms with van der Waals surface area (Å²) < 4.78 is 26.9. The van der Waals surface area contributed by atoms with Crippen LogP contribution in [-0.4, -0.2) is 42.0 Å². The van der Waals surface area contributed by atoms with Crippen molar-refractivity contribution in [2.45, 2.75) is 41.4 Å². The maximum atomic E-state index is 12.7. The number of anilines is 1. The highest BCUT2D eigenvalue weighted by molar-refractivity contribution is 8.00. The lowest BCUT2D eigenvalue weighted by Crippen LogP contribution is -2.35. The summed E-state index contributed by atoms with van der Waals surface area (Å²) in [7, 11) is -3.53. The Morgan fingerprint density at radius 1 is 1.27 bits per heavy atom. The first-order valence-corrected chi connectivity index (χ1v) is 12.1. The average Bonchev–Trinajstić information content (AvgIpc) is 2.75. The predicted molar refractivity (Wildman–Crippen MR) is 117 cm³/mol. The van der Waals surface area contributed by atoms with E-state index in [0.29, 0.717) is 29.4 Å². The number of aromatic nitrogens is 1. The molecule has 0 bridgehead atoms. The van der Waals surface area contributed by atoms with E-state index in [4.69, 9.17) is 16.9 Å². The molecule has 10 heteroatoms. The van der Waals surface area contributed by atoms with E-state index in [-0.39, 0.29) is 15.8 Å². The zero-order chi connectivity index (χ0) is 21.7. The van der Waals surface area contributed by atoms with E-state index < -0.39 is 15.3 Å². The molecular weight excluding hydrogens is 444 g/mol. The first-order valence-electron chi connectivity index (χ1n) is 9.44. The quantitative estimate of drug-likeness (QED) is 0.650. The molecule has 7 nitrogen and oxygen atoms in total. The van der Waals surface area contributed by atoms with Crippen LogP contribution >= 0.6 is 23.4 Å². The van der Waals surface area contributed by atoms with Gasteiger partial charge in [0.25, 0.3) is 0 Å². The summed E-state index contributed by atoms with van der Waals surface area (Å²) in [4.78, 5) is 16.8. The van der Waals surface area contributed by atoms with Crippen LogP contribution in [0.2, 0.25) is 5.02 Å². The van der Waals surface area contributed by atoms with Gasteiger partial charge < -0.3 is 5.32 Å². The van der Waals surface area contributed by atoms with E-state index in [0.717, 1.165) is 19.3 Å². The molecule has 1 atom stereocenters. The normalized spacial score (nSPS) is 15.9. The van der Waals surface area contributed by atoms with Gasteiger partial charge in [0, 0.05) is 25.0 Å². The highest BCUT2D eigenvalue weighted by atomic mass is 35.5. The molecule has 2 heterocycles. The van der Waals surface area contributed by atoms with Crippen LogP contribution in [0.25, 0.3) is 0 Å². The molecule has 1 aliphatic rings. The number of sulfonamides is 1. The first kappa shape index (κ1) is 22.6. The number of halogens is 1. The van der Waals surface area contributed by atoms with Crippen molar-refractivity contribution >= 4 is 45.0 Å². The van der Waals surface area contributed by atoms with Gasteiger partial charge >= 0.3 is 0 Å². The second-order valence-electron chi connectivity index (χ2n) is 6.85. The third kappa shape index (κ3) is 5.32. The van der Waals surface area contributed by atoms with Crippen LogP contribution in [0.4, 0.5) is 5.69 Å². The Morgan fingerprint density at radius 2 is 2.00 bits per heavy atom. The molecule has 0 saturated carbocycles. The molecule has 0 spiro atoms. The minimum atomic E-state index is -3.53. The van der Waals surface area contributed by atoms with Gasteiger partial charge in [-0.2, -0.15) is 9.57 Å². The molecule has 1 aliphatic heterocycles. The van der Waals surface area contributed by atoms with Gasteiger partial charge in [0.1, 0.15) is 11.0 Å². The highest BCUT2D eigenvalue weighted by Gasteiger charge is 2.26. The van der Waals surface area contributed by atoms with Gasteiger partial charge in [-0.05, 0) is 50.1 Å². The van der Waals surface area contributed by atoms with Crippen molar-refractivity contribution in [3.8, 4) is 6.07 Å². The number of nitriles is 1. The lowest BCUT2D eigenvalue weighted by Gasteiger charge is -2.25. The molecule has 3 rings (SSSR count). The maximum Gasteiger partial charge on any atom is 0.244 e. The second-order valence-corrected chi connectivity index (χ2v) is 10.6. The maximum absolute atomic E-state index is 12.7. The standard InChI is InChI=1S/C20H21ClN4O3S2/c1-14(20(26)24-16-6-5-15(12-22)18(21)11-16)29-19-8-7-17(13-23-19)30(27,28)25-9-3-2-4-10-25/h5-8,11,13-14H,2-4,9-10H2,1H3,(H,24,26). The zero-order valence-corrected chi connectivity index (χ0v) is 18.7. The molecule has 0 aliphatic carbocycles. The molecule has 1 saturated heterocycles. The van der Waals surface area contributed by atoms with Gasteiger partial charge in [-0.15, -0.1) is 0 Å². The summed E-state index contributed by atoms with van der Waals surface area (Å²) in [6.07, 6.45) is 4.14. The molecule has 2 aromatic rings. The van der Waals surface area contributed by atoms with Crippen LogP contribution in [-0.2, 0) is 14.8 Å². The van der Waals surface area contributed by atoms with E-state index in [1.807, 2.05) is 6.07 Å². The Balaban J connectivity index is 1.62. The van der Waals surface area contributed by atoms with E-state index in [2.05, 4.69) is 10.3 Å². The van der Waals surface area contributed by atoms with Crippen molar-refractivity contribution in [2.75, 3.05) is 18.4 Å². The summed E-state index contributed by atoms with van der Waals surface area (Å²) in [5.74, 6) is -0.257. The minimum Gasteiger partial charge on any atom is -0.325 e. The Kier molecular flexibility index (Phi) is 7.36. The lowest BCUT2D eigenvalue weighted by molar-refractivity contribution is -0.115. The van der Waals surface area contributed by atoms with Gasteiger partial charge in [-0.25, -0.2) is 13.4 Å². The molecule has 30 heavy (non-hydrogen) atoms. The number of hydrogen-bond acceptors (Lipinski definition) is 6. The third-order valence-corrected chi connectivity index (χ3v) is 7.93. The number of amides is 1. The number of benzene rings is 1. The Hall–Kier alpha value is -2.12. The number of rotatable bonds is 6. The van der Waals surface area contributed by atoms with Crippen LogP contribution in [0.3, 0.4) is 0 Å². The number of hydrogen-bond donors (Lipinski definition) is 1. The number of carbonyl (C=O) groups is 1. The number of thioether (sulfide) groups is 1. The van der Waals surface area contributed by atoms with E-state index in [1.165, 1.54) is 34.4 Å². The van der Waals surface area contributed by atoms with E-state index in [1.54, 1.807) is 25.1 Å². The average molecular weight is 465 g/mol. The van der Waals surface area contributed by atoms with E-state index >= 15 is 0 Å². The van der Waals surface area contributed by atoms with Crippen LogP contribution in [0.1, 0.15) is 31.7 Å². The summed E-state index contributed by atoms with van der Waals surface area (Å²) in [6.45, 7) is 2.80. The Morgan fingerprint density at radius 3 is 2.60 bits per heavy atom. The number of nitrogens with zero attached hydrogens (tertiary/aromatic N) is 3. The minimum absolute atomic E-state index is 0.165. The number of nitrogens with one attached hydrogen (secondary N) is 1. The summed E-state index contributed by atoms with van der Waals surface area (Å²) in [5.41, 5.74) is 0.827. The molecule has 1 aromatic carbocycles. The van der Waals surface area contributed by atoms with Crippen molar-refractivity contribution in [1.82, 2.24) is 9.29 Å². The van der Waals surface area contributed by atoms with Crippen LogP contribution < -0.4 is 5.32 Å². The molecule has 1 N–H and O–H groups in total. The fraction of sp³-hybridized carbons (Fsp3) is 0.350. The van der Waals surface area contributed by atoms with Crippen LogP contribution in [0, 0.1) is 11.3 Å². The Bertz CT molecular complexity index is 1060. The SMILES string of the molecule is CC(Sc1ccc(S(=O)(=O)N2CCCCC2)cn1)C(=O)Nc1ccc(C#N)c(Cl)c1. The number of pyridine rings is 1. The lowest BCUT2D eigenvalue weighted by atomic mass is 10.2. The fourth-order valence-electron chi connectivity index (χ4n) is 3.01. The smallest absolute Gasteiger partial charge is 0.244 e. The molecular formula is C20H21ClN4O3S2. The topological polar surface area (TPSA) is 103 Å². The van der Waals surface area contributed by atoms with Crippen LogP contribution in [0.5, 0.6) is 0 Å². The predicted octanol–water partition coefficient (Wildman–Crippen LogP) is 3.90. The first-order chi connectivity index (χ1) is 14.3. The molecule has 1 fully saturated rings. The number of carbonyl (C=O) groups excluding carboxylic acids is 1. The van der Waals surface area contributed by atoms with Crippen molar-refractivity contribution in [3.63, 3.8) is 0 Å². The van der Waals surface area contributed by atoms with Crippen molar-refractivity contribution < 1.29 is 13.2 Å². The van der Waals surface area contributed by atoms with Gasteiger partial charge in [0.2, 0.25) is 15.9 Å². The number of piperidine rings is 1. The van der Waals surface area contributed by atoms with Crippen LogP contribution in [0.15, 0.2) is 46.5 Å². The largest absolute Gasteiger partial charge is 0.325 e. The second kappa shape index (κ2) is 9.79. The summed E-state index contributed by atoms with van der Waals surface area (Å²) in [6, 6.07) is 9.78. The summed E-state index contributed by atoms with van der Waals surface area (Å²) in [5, 5.41) is 12.0. The Labute approximate surface area is 185 Å². The molecule has 158 valence electrons. The van der Waals surface area contributed by atoms with Gasteiger partial charge in [-0.3, -0.25) is 4.79 Å². The van der Waals surface area contributed by atoms with Gasteiger partial charge in [0.15, 0.2) is 0 Å². The van der Waals surface area contributed by atoms with Crippen molar-refractivity contribution in [3.05, 3.63) is 47.1 Å². The van der Waals surface area contributed by atoms with Gasteiger partial charge in [0.05, 0.1) is 20.9 Å². The van der Waals surface area contributed by atoms with Crippen molar-refractivity contribution in [2.24, 2.45) is 0 Å². The van der Waals surface area contributed by atoms with Crippen molar-refractivity contribution in [1.29, 1.82) is 5.26 Å². The monoisotopic (exact) mass is 464 g/mol. The van der Waals surface area contributed by atoms with Gasteiger partial charge in [-0.1, -0.05) is 29.8 Å². The zero-order valence-electron chi connectivity index (χ0n) is 16.3. The highest BCUT2D eigenvalue weighted by Crippen LogP contribution is 2.26. The fourth-order valence-corrected chi connectivity index (χ4v) is 5.48. The molecule has 1 amide bonds. The third-order valence-electron chi connectivity index (χ3n) is 4.69. The molecule has 1 aromatic heterocycles. The summed E-state index contributed by atoms with van der Waals surface area (Å²) >= 11 is 7.21. The molecule has 0 radical (unpaired) electrons.